The van der Waals surface area contributed by atoms with Gasteiger partial charge in [0.25, 0.3) is 0 Å². The van der Waals surface area contributed by atoms with Crippen molar-refractivity contribution in [2.75, 3.05) is 5.32 Å². The summed E-state index contributed by atoms with van der Waals surface area (Å²) in [6, 6.07) is 7.98. The molecular formula is C16H22INOS. The van der Waals surface area contributed by atoms with Gasteiger partial charge in [0.2, 0.25) is 5.91 Å². The zero-order chi connectivity index (χ0) is 14.4. The van der Waals surface area contributed by atoms with Gasteiger partial charge >= 0.3 is 0 Å². The van der Waals surface area contributed by atoms with Crippen molar-refractivity contribution in [1.29, 1.82) is 0 Å². The average molecular weight is 403 g/mol. The number of hydrogen-bond donors (Lipinski definition) is 1. The van der Waals surface area contributed by atoms with Crippen LogP contribution >= 0.6 is 34.4 Å². The number of hydrogen-bond acceptors (Lipinski definition) is 2. The smallest absolute Gasteiger partial charge is 0.237 e. The van der Waals surface area contributed by atoms with E-state index in [2.05, 4.69) is 34.8 Å². The number of carbonyl (C=O) groups excluding carboxylic acids is 1. The maximum Gasteiger partial charge on any atom is 0.237 e. The standard InChI is InChI=1S/C16H22INOS/c1-2-15(20-14-6-4-3-5-7-14)16(19)18-13-10-8-12(17)9-11-13/h8-11,14-15H,2-7H2,1H3,(H,18,19). The normalized spacial score (nSPS) is 17.7. The van der Waals surface area contributed by atoms with Gasteiger partial charge in [0.05, 0.1) is 5.25 Å². The summed E-state index contributed by atoms with van der Waals surface area (Å²) in [5.41, 5.74) is 0.901. The minimum atomic E-state index is 0.0809. The van der Waals surface area contributed by atoms with Gasteiger partial charge in [-0.25, -0.2) is 0 Å². The van der Waals surface area contributed by atoms with Crippen molar-refractivity contribution in [2.24, 2.45) is 0 Å². The minimum Gasteiger partial charge on any atom is -0.325 e. The zero-order valence-electron chi connectivity index (χ0n) is 11.9. The lowest BCUT2D eigenvalue weighted by molar-refractivity contribution is -0.115. The maximum atomic E-state index is 12.4. The number of amides is 1. The van der Waals surface area contributed by atoms with E-state index < -0.39 is 0 Å². The molecule has 4 heteroatoms. The molecule has 1 atom stereocenters. The Morgan fingerprint density at radius 3 is 2.55 bits per heavy atom. The van der Waals surface area contributed by atoms with Crippen LogP contribution in [0.1, 0.15) is 45.4 Å². The highest BCUT2D eigenvalue weighted by Gasteiger charge is 2.23. The van der Waals surface area contributed by atoms with Crippen LogP contribution in [0.2, 0.25) is 0 Å². The van der Waals surface area contributed by atoms with Crippen molar-refractivity contribution in [1.82, 2.24) is 0 Å². The number of nitrogens with one attached hydrogen (secondary N) is 1. The molecule has 0 spiro atoms. The molecule has 1 unspecified atom stereocenters. The highest BCUT2D eigenvalue weighted by Crippen LogP contribution is 2.32. The third kappa shape index (κ3) is 4.95. The third-order valence-electron chi connectivity index (χ3n) is 3.68. The molecule has 2 rings (SSSR count). The first-order valence-corrected chi connectivity index (χ1v) is 9.43. The largest absolute Gasteiger partial charge is 0.325 e. The molecule has 1 fully saturated rings. The molecule has 20 heavy (non-hydrogen) atoms. The molecule has 0 bridgehead atoms. The van der Waals surface area contributed by atoms with Gasteiger partial charge in [0, 0.05) is 14.5 Å². The summed E-state index contributed by atoms with van der Waals surface area (Å²) >= 11 is 4.15. The summed E-state index contributed by atoms with van der Waals surface area (Å²) in [7, 11) is 0. The van der Waals surface area contributed by atoms with E-state index in [0.717, 1.165) is 12.1 Å². The first-order valence-electron chi connectivity index (χ1n) is 7.41. The molecule has 1 saturated carbocycles. The Balaban J connectivity index is 1.89. The van der Waals surface area contributed by atoms with Crippen LogP contribution in [0, 0.1) is 3.57 Å². The Labute approximate surface area is 139 Å². The second kappa shape index (κ2) is 8.27. The van der Waals surface area contributed by atoms with Crippen molar-refractivity contribution in [2.45, 2.75) is 55.9 Å². The molecule has 1 aromatic rings. The SMILES string of the molecule is CCC(SC1CCCCC1)C(=O)Nc1ccc(I)cc1. The topological polar surface area (TPSA) is 29.1 Å². The Bertz CT molecular complexity index is 429. The molecule has 1 N–H and O–H groups in total. The summed E-state index contributed by atoms with van der Waals surface area (Å²) in [6.45, 7) is 2.11. The minimum absolute atomic E-state index is 0.0809. The molecule has 0 heterocycles. The van der Waals surface area contributed by atoms with Crippen LogP contribution in [-0.2, 0) is 4.79 Å². The lowest BCUT2D eigenvalue weighted by Crippen LogP contribution is -2.27. The van der Waals surface area contributed by atoms with Gasteiger partial charge in [-0.15, -0.1) is 11.8 Å². The first-order chi connectivity index (χ1) is 9.69. The van der Waals surface area contributed by atoms with Gasteiger partial charge in [-0.2, -0.15) is 0 Å². The summed E-state index contributed by atoms with van der Waals surface area (Å²) in [5, 5.41) is 3.80. The average Bonchev–Trinajstić information content (AvgIpc) is 2.48. The van der Waals surface area contributed by atoms with Gasteiger partial charge in [-0.3, -0.25) is 4.79 Å². The lowest BCUT2D eigenvalue weighted by Gasteiger charge is -2.25. The second-order valence-electron chi connectivity index (χ2n) is 5.29. The summed E-state index contributed by atoms with van der Waals surface area (Å²) in [6.07, 6.45) is 7.47. The highest BCUT2D eigenvalue weighted by molar-refractivity contribution is 14.1. The Morgan fingerprint density at radius 2 is 1.95 bits per heavy atom. The Hall–Kier alpha value is -0.230. The number of rotatable bonds is 5. The molecule has 1 amide bonds. The van der Waals surface area contributed by atoms with E-state index in [1.54, 1.807) is 0 Å². The van der Waals surface area contributed by atoms with E-state index in [1.165, 1.54) is 35.7 Å². The summed E-state index contributed by atoms with van der Waals surface area (Å²) in [4.78, 5) is 12.4. The van der Waals surface area contributed by atoms with Crippen molar-refractivity contribution in [3.63, 3.8) is 0 Å². The van der Waals surface area contributed by atoms with Crippen molar-refractivity contribution in [3.05, 3.63) is 27.8 Å². The predicted molar refractivity (Wildman–Crippen MR) is 96.3 cm³/mol. The molecule has 0 saturated heterocycles. The molecule has 1 aromatic carbocycles. The fraction of sp³-hybridized carbons (Fsp3) is 0.562. The number of halogens is 1. The Kier molecular flexibility index (Phi) is 6.68. The van der Waals surface area contributed by atoms with Crippen LogP contribution in [0.25, 0.3) is 0 Å². The van der Waals surface area contributed by atoms with Crippen molar-refractivity contribution in [3.8, 4) is 0 Å². The van der Waals surface area contributed by atoms with Crippen LogP contribution in [-0.4, -0.2) is 16.4 Å². The highest BCUT2D eigenvalue weighted by atomic mass is 127. The zero-order valence-corrected chi connectivity index (χ0v) is 14.9. The summed E-state index contributed by atoms with van der Waals surface area (Å²) in [5.74, 6) is 0.157. The van der Waals surface area contributed by atoms with Crippen LogP contribution in [0.4, 0.5) is 5.69 Å². The molecule has 110 valence electrons. The van der Waals surface area contributed by atoms with Crippen LogP contribution in [0.15, 0.2) is 24.3 Å². The van der Waals surface area contributed by atoms with Crippen molar-refractivity contribution < 1.29 is 4.79 Å². The fourth-order valence-electron chi connectivity index (χ4n) is 2.53. The van der Waals surface area contributed by atoms with E-state index >= 15 is 0 Å². The van der Waals surface area contributed by atoms with Crippen molar-refractivity contribution >= 4 is 45.9 Å². The molecule has 0 aromatic heterocycles. The molecular weight excluding hydrogens is 381 g/mol. The van der Waals surface area contributed by atoms with E-state index in [0.29, 0.717) is 5.25 Å². The lowest BCUT2D eigenvalue weighted by atomic mass is 10.0. The van der Waals surface area contributed by atoms with Gasteiger partial charge < -0.3 is 5.32 Å². The van der Waals surface area contributed by atoms with Gasteiger partial charge in [0.1, 0.15) is 0 Å². The predicted octanol–water partition coefficient (Wildman–Crippen LogP) is 5.07. The van der Waals surface area contributed by atoms with E-state index in [9.17, 15) is 4.79 Å². The molecule has 1 aliphatic rings. The van der Waals surface area contributed by atoms with E-state index in [1.807, 2.05) is 36.0 Å². The van der Waals surface area contributed by atoms with Gasteiger partial charge in [-0.05, 0) is 66.1 Å². The van der Waals surface area contributed by atoms with E-state index in [4.69, 9.17) is 0 Å². The van der Waals surface area contributed by atoms with E-state index in [-0.39, 0.29) is 11.2 Å². The number of anilines is 1. The number of benzene rings is 1. The number of carbonyl (C=O) groups is 1. The summed E-state index contributed by atoms with van der Waals surface area (Å²) < 4.78 is 1.18. The van der Waals surface area contributed by atoms with Gasteiger partial charge in [-0.1, -0.05) is 26.2 Å². The fourth-order valence-corrected chi connectivity index (χ4v) is 4.34. The molecule has 1 aliphatic carbocycles. The quantitative estimate of drug-likeness (QED) is 0.696. The van der Waals surface area contributed by atoms with Gasteiger partial charge in [0.15, 0.2) is 0 Å². The molecule has 2 nitrogen and oxygen atoms in total. The molecule has 0 radical (unpaired) electrons. The molecule has 0 aliphatic heterocycles. The monoisotopic (exact) mass is 403 g/mol. The van der Waals surface area contributed by atoms with Crippen LogP contribution in [0.5, 0.6) is 0 Å². The Morgan fingerprint density at radius 1 is 1.30 bits per heavy atom. The second-order valence-corrected chi connectivity index (χ2v) is 8.04. The van der Waals surface area contributed by atoms with Crippen LogP contribution in [0.3, 0.4) is 0 Å². The maximum absolute atomic E-state index is 12.4. The third-order valence-corrected chi connectivity index (χ3v) is 6.14. The van der Waals surface area contributed by atoms with Crippen LogP contribution < -0.4 is 5.32 Å². The first kappa shape index (κ1) is 16.1. The number of thioether (sulfide) groups is 1.